The van der Waals surface area contributed by atoms with Gasteiger partial charge in [-0.1, -0.05) is 18.2 Å². The lowest BCUT2D eigenvalue weighted by molar-refractivity contribution is -0.142. The lowest BCUT2D eigenvalue weighted by Crippen LogP contribution is -2.52. The fourth-order valence-electron chi connectivity index (χ4n) is 3.91. The van der Waals surface area contributed by atoms with Gasteiger partial charge >= 0.3 is 0 Å². The van der Waals surface area contributed by atoms with Crippen molar-refractivity contribution in [2.75, 3.05) is 37.7 Å². The van der Waals surface area contributed by atoms with Crippen LogP contribution >= 0.6 is 0 Å². The highest BCUT2D eigenvalue weighted by Crippen LogP contribution is 2.20. The van der Waals surface area contributed by atoms with Crippen molar-refractivity contribution in [3.63, 3.8) is 0 Å². The number of hydrogen-bond donors (Lipinski definition) is 1. The van der Waals surface area contributed by atoms with Crippen LogP contribution in [0.3, 0.4) is 0 Å². The topological polar surface area (TPSA) is 83.0 Å². The average molecular weight is 426 g/mol. The summed E-state index contributed by atoms with van der Waals surface area (Å²) in [5.41, 5.74) is 1.14. The number of carbonyl (C=O) groups is 2. The number of hydrogen-bond acceptors (Lipinski definition) is 6. The van der Waals surface area contributed by atoms with Crippen molar-refractivity contribution < 1.29 is 19.4 Å². The van der Waals surface area contributed by atoms with Crippen LogP contribution in [0.15, 0.2) is 48.7 Å². The smallest absolute Gasteiger partial charge is 0.228 e. The Kier molecular flexibility index (Phi) is 8.41. The minimum atomic E-state index is -1.28. The van der Waals surface area contributed by atoms with Gasteiger partial charge in [-0.25, -0.2) is 4.98 Å². The van der Waals surface area contributed by atoms with Gasteiger partial charge in [0.2, 0.25) is 5.91 Å². The summed E-state index contributed by atoms with van der Waals surface area (Å²) in [6, 6.07) is 13.7. The second kappa shape index (κ2) is 11.5. The van der Waals surface area contributed by atoms with E-state index < -0.39 is 12.0 Å². The van der Waals surface area contributed by atoms with Crippen LogP contribution in [-0.4, -0.2) is 66.1 Å². The van der Waals surface area contributed by atoms with Crippen molar-refractivity contribution in [2.45, 2.75) is 32.3 Å². The molecule has 1 amide bonds. The van der Waals surface area contributed by atoms with Crippen molar-refractivity contribution in [3.8, 4) is 5.75 Å². The molecule has 7 heteroatoms. The molecule has 1 aromatic carbocycles. The first-order valence-corrected chi connectivity index (χ1v) is 10.9. The van der Waals surface area contributed by atoms with Crippen molar-refractivity contribution in [2.24, 2.45) is 5.92 Å². The molecule has 166 valence electrons. The largest absolute Gasteiger partial charge is 0.494 e. The summed E-state index contributed by atoms with van der Waals surface area (Å²) in [5.74, 6) is 0.878. The van der Waals surface area contributed by atoms with Gasteiger partial charge in [-0.2, -0.15) is 0 Å². The van der Waals surface area contributed by atoms with E-state index in [1.807, 2.05) is 49.4 Å². The van der Waals surface area contributed by atoms with E-state index in [0.717, 1.165) is 23.6 Å². The lowest BCUT2D eigenvalue weighted by Gasteiger charge is -2.37. The van der Waals surface area contributed by atoms with Crippen molar-refractivity contribution in [1.82, 2.24) is 9.88 Å². The molecule has 2 atom stereocenters. The molecule has 1 aliphatic rings. The molecule has 2 heterocycles. The number of benzene rings is 1. The molecular formula is C24H31N3O4. The van der Waals surface area contributed by atoms with E-state index in [1.165, 1.54) is 0 Å². The number of carbonyl (C=O) groups excluding carboxylic acids is 2. The maximum Gasteiger partial charge on any atom is 0.228 e. The van der Waals surface area contributed by atoms with Gasteiger partial charge in [-0.05, 0) is 56.0 Å². The number of aromatic nitrogens is 1. The van der Waals surface area contributed by atoms with Crippen molar-refractivity contribution in [1.29, 1.82) is 0 Å². The number of pyridine rings is 1. The first-order valence-electron chi connectivity index (χ1n) is 10.9. The van der Waals surface area contributed by atoms with Crippen molar-refractivity contribution >= 4 is 18.0 Å². The number of amides is 1. The molecule has 0 saturated carbocycles. The minimum absolute atomic E-state index is 0.146. The summed E-state index contributed by atoms with van der Waals surface area (Å²) in [6.07, 6.45) is 2.91. The average Bonchev–Trinajstić information content (AvgIpc) is 2.83. The van der Waals surface area contributed by atoms with Gasteiger partial charge in [0, 0.05) is 32.4 Å². The fourth-order valence-corrected chi connectivity index (χ4v) is 3.91. The number of aryl methyl sites for hydroxylation is 1. The second-order valence-electron chi connectivity index (χ2n) is 7.70. The first-order chi connectivity index (χ1) is 15.1. The molecule has 1 aromatic heterocycles. The van der Waals surface area contributed by atoms with Gasteiger partial charge in [0.15, 0.2) is 0 Å². The third-order valence-corrected chi connectivity index (χ3v) is 5.65. The van der Waals surface area contributed by atoms with E-state index in [-0.39, 0.29) is 5.91 Å². The van der Waals surface area contributed by atoms with E-state index in [0.29, 0.717) is 51.9 Å². The minimum Gasteiger partial charge on any atom is -0.494 e. The highest BCUT2D eigenvalue weighted by molar-refractivity contribution is 5.83. The number of piperazine rings is 1. The lowest BCUT2D eigenvalue weighted by atomic mass is 9.93. The zero-order chi connectivity index (χ0) is 22.1. The molecule has 31 heavy (non-hydrogen) atoms. The molecule has 0 aliphatic carbocycles. The normalized spacial score (nSPS) is 15.9. The van der Waals surface area contributed by atoms with Crippen LogP contribution in [0.1, 0.15) is 25.3 Å². The Labute approximate surface area is 183 Å². The number of anilines is 1. The number of ether oxygens (including phenoxy) is 1. The maximum atomic E-state index is 13.1. The molecular weight excluding hydrogens is 394 g/mol. The Morgan fingerprint density at radius 1 is 1.16 bits per heavy atom. The Morgan fingerprint density at radius 2 is 1.90 bits per heavy atom. The molecule has 0 unspecified atom stereocenters. The summed E-state index contributed by atoms with van der Waals surface area (Å²) in [7, 11) is 0. The summed E-state index contributed by atoms with van der Waals surface area (Å²) in [5, 5.41) is 10.2. The van der Waals surface area contributed by atoms with Crippen molar-refractivity contribution in [3.05, 3.63) is 54.2 Å². The molecule has 1 saturated heterocycles. The standard InChI is InChI=1S/C24H31N3O4/c1-2-31-20-11-9-19(10-12-20)6-5-7-21(22(29)18-28)24(30)27-16-14-26(15-17-27)23-8-3-4-13-25-23/h3-4,8-13,18,21-22,29H,2,5-7,14-17H2,1H3/t21-,22-/m1/s1. The molecule has 1 N–H and O–H groups in total. The zero-order valence-corrected chi connectivity index (χ0v) is 18.0. The van der Waals surface area contributed by atoms with Gasteiger partial charge in [0.1, 0.15) is 24.0 Å². The van der Waals surface area contributed by atoms with Gasteiger partial charge in [-0.3, -0.25) is 4.79 Å². The molecule has 1 aliphatic heterocycles. The maximum absolute atomic E-state index is 13.1. The molecule has 1 fully saturated rings. The summed E-state index contributed by atoms with van der Waals surface area (Å²) in [4.78, 5) is 32.6. The van der Waals surface area contributed by atoms with Crippen LogP contribution < -0.4 is 9.64 Å². The summed E-state index contributed by atoms with van der Waals surface area (Å²) in [6.45, 7) is 5.04. The van der Waals surface area contributed by atoms with Gasteiger partial charge in [0.25, 0.3) is 0 Å². The number of aliphatic hydroxyl groups is 1. The van der Waals surface area contributed by atoms with Gasteiger partial charge in [-0.15, -0.1) is 0 Å². The Morgan fingerprint density at radius 3 is 2.52 bits per heavy atom. The number of rotatable bonds is 10. The number of aldehydes is 1. The molecule has 0 radical (unpaired) electrons. The summed E-state index contributed by atoms with van der Waals surface area (Å²) >= 11 is 0. The predicted octanol–water partition coefficient (Wildman–Crippen LogP) is 2.33. The molecule has 3 rings (SSSR count). The Bertz CT molecular complexity index is 820. The fraction of sp³-hybridized carbons (Fsp3) is 0.458. The van der Waals surface area contributed by atoms with E-state index in [4.69, 9.17) is 4.74 Å². The SMILES string of the molecule is CCOc1ccc(CCC[C@@H](C(=O)N2CCN(c3ccccn3)CC2)[C@H](O)C=O)cc1. The molecule has 0 spiro atoms. The molecule has 0 bridgehead atoms. The van der Waals surface area contributed by atoms with Crippen LogP contribution in [0.25, 0.3) is 0 Å². The van der Waals surface area contributed by atoms with Gasteiger partial charge < -0.3 is 24.4 Å². The van der Waals surface area contributed by atoms with Crippen LogP contribution in [0.2, 0.25) is 0 Å². The monoisotopic (exact) mass is 425 g/mol. The molecule has 2 aromatic rings. The number of nitrogens with zero attached hydrogens (tertiary/aromatic N) is 3. The van der Waals surface area contributed by atoms with E-state index in [1.54, 1.807) is 11.1 Å². The number of aliphatic hydroxyl groups excluding tert-OH is 1. The zero-order valence-electron chi connectivity index (χ0n) is 18.0. The highest BCUT2D eigenvalue weighted by Gasteiger charge is 2.32. The molecule has 7 nitrogen and oxygen atoms in total. The second-order valence-corrected chi connectivity index (χ2v) is 7.70. The van der Waals surface area contributed by atoms with Crippen LogP contribution in [0.5, 0.6) is 5.75 Å². The first kappa shape index (κ1) is 22.7. The van der Waals surface area contributed by atoms with Crippen LogP contribution in [-0.2, 0) is 16.0 Å². The van der Waals surface area contributed by atoms with E-state index in [9.17, 15) is 14.7 Å². The summed E-state index contributed by atoms with van der Waals surface area (Å²) < 4.78 is 5.45. The van der Waals surface area contributed by atoms with Crippen LogP contribution in [0.4, 0.5) is 5.82 Å². The van der Waals surface area contributed by atoms with Crippen LogP contribution in [0, 0.1) is 5.92 Å². The Hall–Kier alpha value is -2.93. The van der Waals surface area contributed by atoms with E-state index >= 15 is 0 Å². The Balaban J connectivity index is 1.52. The highest BCUT2D eigenvalue weighted by atomic mass is 16.5. The van der Waals surface area contributed by atoms with Gasteiger partial charge in [0.05, 0.1) is 12.5 Å². The third kappa shape index (κ3) is 6.28. The third-order valence-electron chi connectivity index (χ3n) is 5.65. The quantitative estimate of drug-likeness (QED) is 0.589. The predicted molar refractivity (Wildman–Crippen MR) is 119 cm³/mol. The van der Waals surface area contributed by atoms with E-state index in [2.05, 4.69) is 9.88 Å².